The molecule has 0 bridgehead atoms. The lowest BCUT2D eigenvalue weighted by molar-refractivity contribution is -0.384. The Morgan fingerprint density at radius 1 is 0.731 bits per heavy atom. The Morgan fingerprint density at radius 2 is 1.08 bits per heavy atom. The van der Waals surface area contributed by atoms with Crippen molar-refractivity contribution in [2.45, 2.75) is 0 Å². The highest BCUT2D eigenvalue weighted by Crippen LogP contribution is 2.33. The van der Waals surface area contributed by atoms with Gasteiger partial charge >= 0.3 is 0 Å². The van der Waals surface area contributed by atoms with Gasteiger partial charge in [0.2, 0.25) is 0 Å². The van der Waals surface area contributed by atoms with Crippen molar-refractivity contribution in [1.29, 1.82) is 0 Å². The predicted octanol–water partition coefficient (Wildman–Crippen LogP) is 3.11. The van der Waals surface area contributed by atoms with Crippen LogP contribution in [0.5, 0.6) is 0 Å². The Labute approximate surface area is 146 Å². The first-order valence-electron chi connectivity index (χ1n) is 7.74. The minimum absolute atomic E-state index is 0.296. The lowest BCUT2D eigenvalue weighted by atomic mass is 10.2. The monoisotopic (exact) mass is 364 g/mol. The normalized spacial score (nSPS) is 14.4. The summed E-state index contributed by atoms with van der Waals surface area (Å²) in [6.45, 7) is 1.39. The maximum Gasteiger partial charge on any atom is 0.295 e. The van der Waals surface area contributed by atoms with Crippen LogP contribution in [0.15, 0.2) is 36.4 Å². The first-order chi connectivity index (χ1) is 12.4. The smallest absolute Gasteiger partial charge is 0.295 e. The molecule has 0 N–H and O–H groups in total. The average molecular weight is 364 g/mol. The van der Waals surface area contributed by atoms with Crippen LogP contribution in [0, 0.1) is 31.9 Å². The summed E-state index contributed by atoms with van der Waals surface area (Å²) in [6, 6.07) is 6.74. The molecule has 0 aliphatic carbocycles. The molecule has 1 aliphatic heterocycles. The van der Waals surface area contributed by atoms with E-state index >= 15 is 0 Å². The summed E-state index contributed by atoms with van der Waals surface area (Å²) in [4.78, 5) is 24.5. The van der Waals surface area contributed by atoms with Gasteiger partial charge in [-0.15, -0.1) is 0 Å². The SMILES string of the molecule is O=[N+]([O-])c1cc(F)ccc1N1CCN(c2ccc(F)cc2[N+](=O)[O-])CC1. The quantitative estimate of drug-likeness (QED) is 0.611. The van der Waals surface area contributed by atoms with Crippen molar-refractivity contribution in [2.24, 2.45) is 0 Å². The zero-order chi connectivity index (χ0) is 18.8. The highest BCUT2D eigenvalue weighted by molar-refractivity contribution is 5.66. The molecule has 26 heavy (non-hydrogen) atoms. The third-order valence-corrected chi connectivity index (χ3v) is 4.23. The zero-order valence-corrected chi connectivity index (χ0v) is 13.5. The Balaban J connectivity index is 1.81. The van der Waals surface area contributed by atoms with Gasteiger partial charge < -0.3 is 9.80 Å². The first-order valence-corrected chi connectivity index (χ1v) is 7.74. The van der Waals surface area contributed by atoms with Gasteiger partial charge in [0.05, 0.1) is 22.0 Å². The van der Waals surface area contributed by atoms with Gasteiger partial charge in [-0.1, -0.05) is 0 Å². The van der Waals surface area contributed by atoms with E-state index < -0.39 is 21.5 Å². The number of hydrogen-bond donors (Lipinski definition) is 0. The van der Waals surface area contributed by atoms with Crippen molar-refractivity contribution in [3.05, 3.63) is 68.3 Å². The van der Waals surface area contributed by atoms with E-state index in [0.717, 1.165) is 24.3 Å². The summed E-state index contributed by atoms with van der Waals surface area (Å²) in [5.74, 6) is -1.39. The fourth-order valence-corrected chi connectivity index (χ4v) is 3.01. The standard InChI is InChI=1S/C16H14F2N4O4/c17-11-1-3-13(15(9-11)21(23)24)19-5-7-20(8-6-19)14-4-2-12(18)10-16(14)22(25)26/h1-4,9-10H,5-8H2. The van der Waals surface area contributed by atoms with Gasteiger partial charge in [0, 0.05) is 26.2 Å². The van der Waals surface area contributed by atoms with Gasteiger partial charge in [-0.3, -0.25) is 20.2 Å². The summed E-state index contributed by atoms with van der Waals surface area (Å²) in [6.07, 6.45) is 0. The van der Waals surface area contributed by atoms with E-state index in [1.165, 1.54) is 12.1 Å². The highest BCUT2D eigenvalue weighted by Gasteiger charge is 2.27. The zero-order valence-electron chi connectivity index (χ0n) is 13.5. The minimum atomic E-state index is -0.693. The lowest BCUT2D eigenvalue weighted by Gasteiger charge is -2.36. The Morgan fingerprint density at radius 3 is 1.38 bits per heavy atom. The minimum Gasteiger partial charge on any atom is -0.362 e. The Kier molecular flexibility index (Phi) is 4.65. The van der Waals surface area contributed by atoms with Crippen molar-refractivity contribution in [3.63, 3.8) is 0 Å². The number of nitro benzene ring substituents is 2. The van der Waals surface area contributed by atoms with Crippen LogP contribution in [-0.2, 0) is 0 Å². The number of nitro groups is 2. The van der Waals surface area contributed by atoms with E-state index in [1.807, 2.05) is 0 Å². The molecule has 0 atom stereocenters. The summed E-state index contributed by atoms with van der Waals surface area (Å²) in [5, 5.41) is 22.3. The summed E-state index contributed by atoms with van der Waals surface area (Å²) < 4.78 is 26.6. The molecule has 0 unspecified atom stereocenters. The molecule has 0 radical (unpaired) electrons. The van der Waals surface area contributed by atoms with Crippen LogP contribution < -0.4 is 9.80 Å². The molecule has 1 fully saturated rings. The molecular formula is C16H14F2N4O4. The van der Waals surface area contributed by atoms with Crippen LogP contribution in [0.2, 0.25) is 0 Å². The number of nitrogens with zero attached hydrogens (tertiary/aromatic N) is 4. The predicted molar refractivity (Wildman–Crippen MR) is 90.5 cm³/mol. The third-order valence-electron chi connectivity index (χ3n) is 4.23. The number of piperazine rings is 1. The van der Waals surface area contributed by atoms with Crippen LogP contribution in [0.4, 0.5) is 31.5 Å². The van der Waals surface area contributed by atoms with Crippen LogP contribution in [0.3, 0.4) is 0 Å². The number of benzene rings is 2. The molecule has 0 aromatic heterocycles. The molecule has 2 aromatic rings. The number of rotatable bonds is 4. The molecule has 1 aliphatic rings. The average Bonchev–Trinajstić information content (AvgIpc) is 2.61. The van der Waals surface area contributed by atoms with Crippen LogP contribution in [-0.4, -0.2) is 36.0 Å². The van der Waals surface area contributed by atoms with Crippen LogP contribution in [0.1, 0.15) is 0 Å². The van der Waals surface area contributed by atoms with Gasteiger partial charge in [0.25, 0.3) is 11.4 Å². The number of halogens is 2. The maximum atomic E-state index is 13.3. The molecule has 2 aromatic carbocycles. The number of hydrogen-bond acceptors (Lipinski definition) is 6. The molecule has 10 heteroatoms. The van der Waals surface area contributed by atoms with Crippen molar-refractivity contribution < 1.29 is 18.6 Å². The summed E-state index contributed by atoms with van der Waals surface area (Å²) in [7, 11) is 0. The van der Waals surface area contributed by atoms with E-state index in [9.17, 15) is 29.0 Å². The van der Waals surface area contributed by atoms with Crippen molar-refractivity contribution in [2.75, 3.05) is 36.0 Å². The maximum absolute atomic E-state index is 13.3. The number of anilines is 2. The second-order valence-electron chi connectivity index (χ2n) is 5.75. The molecule has 1 heterocycles. The van der Waals surface area contributed by atoms with Crippen LogP contribution >= 0.6 is 0 Å². The summed E-state index contributed by atoms with van der Waals surface area (Å²) >= 11 is 0. The largest absolute Gasteiger partial charge is 0.362 e. The van der Waals surface area contributed by atoms with E-state index in [2.05, 4.69) is 0 Å². The van der Waals surface area contributed by atoms with E-state index in [4.69, 9.17) is 0 Å². The molecule has 1 saturated heterocycles. The van der Waals surface area contributed by atoms with E-state index in [-0.39, 0.29) is 11.4 Å². The molecule has 0 saturated carbocycles. The van der Waals surface area contributed by atoms with E-state index in [1.54, 1.807) is 9.80 Å². The van der Waals surface area contributed by atoms with Crippen molar-refractivity contribution in [1.82, 2.24) is 0 Å². The second-order valence-corrected chi connectivity index (χ2v) is 5.75. The molecule has 8 nitrogen and oxygen atoms in total. The summed E-state index contributed by atoms with van der Waals surface area (Å²) in [5.41, 5.74) is -0.0632. The van der Waals surface area contributed by atoms with Gasteiger partial charge in [0.1, 0.15) is 23.0 Å². The molecule has 3 rings (SSSR count). The highest BCUT2D eigenvalue weighted by atomic mass is 19.1. The fraction of sp³-hybridized carbons (Fsp3) is 0.250. The van der Waals surface area contributed by atoms with Gasteiger partial charge in [-0.2, -0.15) is 0 Å². The van der Waals surface area contributed by atoms with Crippen LogP contribution in [0.25, 0.3) is 0 Å². The van der Waals surface area contributed by atoms with Crippen molar-refractivity contribution >= 4 is 22.7 Å². The van der Waals surface area contributed by atoms with Gasteiger partial charge in [0.15, 0.2) is 0 Å². The fourth-order valence-electron chi connectivity index (χ4n) is 3.01. The Bertz CT molecular complexity index is 798. The first kappa shape index (κ1) is 17.5. The second kappa shape index (κ2) is 6.90. The topological polar surface area (TPSA) is 92.8 Å². The lowest BCUT2D eigenvalue weighted by Crippen LogP contribution is -2.46. The molecule has 0 spiro atoms. The van der Waals surface area contributed by atoms with E-state index in [0.29, 0.717) is 37.6 Å². The molecular weight excluding hydrogens is 350 g/mol. The third kappa shape index (κ3) is 3.39. The Hall–Kier alpha value is -3.30. The van der Waals surface area contributed by atoms with Gasteiger partial charge in [-0.05, 0) is 24.3 Å². The molecule has 136 valence electrons. The van der Waals surface area contributed by atoms with Gasteiger partial charge in [-0.25, -0.2) is 8.78 Å². The molecule has 0 amide bonds. The van der Waals surface area contributed by atoms with Crippen molar-refractivity contribution in [3.8, 4) is 0 Å².